The maximum absolute atomic E-state index is 11.8. The SMILES string of the molecule is CN(C(=O)CO)[C@H]1CCN(Cc2coc3cc(Oc4ccc(C5CCNN5)cn4)ccc23)C1. The van der Waals surface area contributed by atoms with E-state index in [1.807, 2.05) is 36.5 Å². The number of fused-ring (bicyclic) bond motifs is 1. The number of aliphatic hydroxyl groups is 1. The van der Waals surface area contributed by atoms with Gasteiger partial charge in [-0.05, 0) is 30.5 Å². The average Bonchev–Trinajstić information content (AvgIpc) is 3.61. The lowest BCUT2D eigenvalue weighted by atomic mass is 10.1. The lowest BCUT2D eigenvalue weighted by Crippen LogP contribution is -2.40. The van der Waals surface area contributed by atoms with Gasteiger partial charge in [0.15, 0.2) is 0 Å². The molecule has 0 radical (unpaired) electrons. The Morgan fingerprint density at radius 2 is 2.24 bits per heavy atom. The highest BCUT2D eigenvalue weighted by Crippen LogP contribution is 2.30. The summed E-state index contributed by atoms with van der Waals surface area (Å²) in [4.78, 5) is 20.2. The van der Waals surface area contributed by atoms with Gasteiger partial charge in [-0.15, -0.1) is 0 Å². The number of carbonyl (C=O) groups excluding carboxylic acids is 1. The van der Waals surface area contributed by atoms with Crippen molar-refractivity contribution >= 4 is 16.9 Å². The summed E-state index contributed by atoms with van der Waals surface area (Å²) in [6, 6.07) is 10.2. The molecular formula is C24H29N5O4. The van der Waals surface area contributed by atoms with Gasteiger partial charge in [0.1, 0.15) is 17.9 Å². The van der Waals surface area contributed by atoms with Crippen LogP contribution in [-0.4, -0.2) is 65.1 Å². The van der Waals surface area contributed by atoms with Crippen LogP contribution >= 0.6 is 0 Å². The Balaban J connectivity index is 1.22. The van der Waals surface area contributed by atoms with Crippen LogP contribution in [0.5, 0.6) is 11.6 Å². The summed E-state index contributed by atoms with van der Waals surface area (Å²) in [5.74, 6) is 0.981. The molecule has 2 aliphatic rings. The Labute approximate surface area is 192 Å². The molecule has 0 spiro atoms. The highest BCUT2D eigenvalue weighted by molar-refractivity contribution is 5.82. The Hall–Kier alpha value is -2.98. The van der Waals surface area contributed by atoms with E-state index in [1.54, 1.807) is 18.2 Å². The monoisotopic (exact) mass is 451 g/mol. The molecule has 3 N–H and O–H groups in total. The Morgan fingerprint density at radius 3 is 3.00 bits per heavy atom. The molecular weight excluding hydrogens is 422 g/mol. The minimum atomic E-state index is -0.446. The largest absolute Gasteiger partial charge is 0.464 e. The molecule has 5 rings (SSSR count). The second-order valence-corrected chi connectivity index (χ2v) is 8.70. The molecule has 0 saturated carbocycles. The van der Waals surface area contributed by atoms with Crippen molar-refractivity contribution in [1.82, 2.24) is 25.6 Å². The Kier molecular flexibility index (Phi) is 6.28. The van der Waals surface area contributed by atoms with E-state index < -0.39 is 6.61 Å². The van der Waals surface area contributed by atoms with Gasteiger partial charge in [-0.3, -0.25) is 20.5 Å². The highest BCUT2D eigenvalue weighted by Gasteiger charge is 2.28. The minimum absolute atomic E-state index is 0.127. The topological polar surface area (TPSA) is 103 Å². The van der Waals surface area contributed by atoms with Crippen molar-refractivity contribution < 1.29 is 19.1 Å². The average molecular weight is 452 g/mol. The number of pyridine rings is 1. The number of benzene rings is 1. The van der Waals surface area contributed by atoms with Gasteiger partial charge in [-0.2, -0.15) is 0 Å². The predicted octanol–water partition coefficient (Wildman–Crippen LogP) is 2.18. The van der Waals surface area contributed by atoms with Crippen LogP contribution in [0.2, 0.25) is 0 Å². The first kappa shape index (κ1) is 21.8. The van der Waals surface area contributed by atoms with Crippen molar-refractivity contribution in [3.8, 4) is 11.6 Å². The van der Waals surface area contributed by atoms with Crippen LogP contribution in [0.25, 0.3) is 11.0 Å². The van der Waals surface area contributed by atoms with Crippen LogP contribution in [0, 0.1) is 0 Å². The molecule has 2 aromatic heterocycles. The summed E-state index contributed by atoms with van der Waals surface area (Å²) in [7, 11) is 1.76. The number of hydrazine groups is 1. The van der Waals surface area contributed by atoms with Crippen LogP contribution in [-0.2, 0) is 11.3 Å². The number of nitrogens with one attached hydrogen (secondary N) is 2. The van der Waals surface area contributed by atoms with Gasteiger partial charge >= 0.3 is 0 Å². The number of ether oxygens (including phenoxy) is 1. The van der Waals surface area contributed by atoms with Crippen molar-refractivity contribution in [3.05, 3.63) is 53.9 Å². The van der Waals surface area contributed by atoms with Crippen molar-refractivity contribution in [2.24, 2.45) is 0 Å². The summed E-state index contributed by atoms with van der Waals surface area (Å²) in [6.45, 7) is 2.93. The zero-order valence-corrected chi connectivity index (χ0v) is 18.7. The van der Waals surface area contributed by atoms with Gasteiger partial charge in [-0.1, -0.05) is 6.07 Å². The number of carbonyl (C=O) groups is 1. The summed E-state index contributed by atoms with van der Waals surface area (Å²) >= 11 is 0. The van der Waals surface area contributed by atoms with Crippen molar-refractivity contribution in [3.63, 3.8) is 0 Å². The predicted molar refractivity (Wildman–Crippen MR) is 123 cm³/mol. The summed E-state index contributed by atoms with van der Waals surface area (Å²) in [5.41, 5.74) is 9.37. The third-order valence-electron chi connectivity index (χ3n) is 6.56. The maximum atomic E-state index is 11.8. The number of hydrogen-bond donors (Lipinski definition) is 3. The van der Waals surface area contributed by atoms with Crippen LogP contribution in [0.3, 0.4) is 0 Å². The molecule has 9 nitrogen and oxygen atoms in total. The molecule has 9 heteroatoms. The number of furan rings is 1. The molecule has 0 bridgehead atoms. The molecule has 2 fully saturated rings. The second-order valence-electron chi connectivity index (χ2n) is 8.70. The fourth-order valence-electron chi connectivity index (χ4n) is 4.59. The van der Waals surface area contributed by atoms with E-state index in [9.17, 15) is 4.79 Å². The standard InChI is InChI=1S/C24H29N5O4/c1-28(24(31)14-30)18-7-9-29(13-18)12-17-15-32-22-10-19(3-4-20(17)22)33-23-5-2-16(11-25-23)21-6-8-26-27-21/h2-5,10-11,15,18,21,26-27,30H,6-9,12-14H2,1H3/t18-,21?/m0/s1. The zero-order valence-electron chi connectivity index (χ0n) is 18.7. The van der Waals surface area contributed by atoms with Crippen molar-refractivity contribution in [2.75, 3.05) is 33.3 Å². The molecule has 2 atom stereocenters. The van der Waals surface area contributed by atoms with Crippen LogP contribution in [0.4, 0.5) is 0 Å². The number of hydrogen-bond acceptors (Lipinski definition) is 8. The Bertz CT molecular complexity index is 1110. The number of likely N-dealkylation sites (N-methyl/N-ethyl adjacent to an activating group) is 1. The minimum Gasteiger partial charge on any atom is -0.464 e. The molecule has 33 heavy (non-hydrogen) atoms. The molecule has 0 aliphatic carbocycles. The zero-order chi connectivity index (χ0) is 22.8. The highest BCUT2D eigenvalue weighted by atomic mass is 16.5. The first-order chi connectivity index (χ1) is 16.1. The normalized spacial score (nSPS) is 21.0. The fraction of sp³-hybridized carbons (Fsp3) is 0.417. The second kappa shape index (κ2) is 9.48. The quantitative estimate of drug-likeness (QED) is 0.502. The first-order valence-corrected chi connectivity index (χ1v) is 11.3. The number of amides is 1. The van der Waals surface area contributed by atoms with E-state index in [1.165, 1.54) is 0 Å². The van der Waals surface area contributed by atoms with Gasteiger partial charge < -0.3 is 19.2 Å². The lowest BCUT2D eigenvalue weighted by Gasteiger charge is -2.24. The molecule has 2 saturated heterocycles. The molecule has 2 aliphatic heterocycles. The van der Waals surface area contributed by atoms with Crippen LogP contribution < -0.4 is 15.6 Å². The van der Waals surface area contributed by atoms with Gasteiger partial charge in [0, 0.05) is 74.6 Å². The molecule has 1 unspecified atom stereocenters. The number of aliphatic hydroxyl groups excluding tert-OH is 1. The fourth-order valence-corrected chi connectivity index (χ4v) is 4.59. The van der Waals surface area contributed by atoms with Gasteiger partial charge in [0.05, 0.1) is 6.26 Å². The molecule has 1 amide bonds. The first-order valence-electron chi connectivity index (χ1n) is 11.3. The number of likely N-dealkylation sites (tertiary alicyclic amines) is 1. The molecule has 1 aromatic carbocycles. The lowest BCUT2D eigenvalue weighted by molar-refractivity contribution is -0.134. The molecule has 4 heterocycles. The summed E-state index contributed by atoms with van der Waals surface area (Å²) in [6.07, 6.45) is 5.57. The van der Waals surface area contributed by atoms with Gasteiger partial charge in [-0.25, -0.2) is 4.98 Å². The summed E-state index contributed by atoms with van der Waals surface area (Å²) in [5, 5.41) is 10.1. The van der Waals surface area contributed by atoms with Crippen LogP contribution in [0.1, 0.15) is 30.0 Å². The van der Waals surface area contributed by atoms with E-state index in [0.29, 0.717) is 11.6 Å². The van der Waals surface area contributed by atoms with E-state index in [-0.39, 0.29) is 18.0 Å². The van der Waals surface area contributed by atoms with Crippen molar-refractivity contribution in [2.45, 2.75) is 31.5 Å². The third-order valence-corrected chi connectivity index (χ3v) is 6.56. The van der Waals surface area contributed by atoms with E-state index in [2.05, 4.69) is 20.7 Å². The Morgan fingerprint density at radius 1 is 1.33 bits per heavy atom. The number of rotatable bonds is 7. The summed E-state index contributed by atoms with van der Waals surface area (Å²) < 4.78 is 11.8. The molecule has 174 valence electrons. The maximum Gasteiger partial charge on any atom is 0.248 e. The van der Waals surface area contributed by atoms with E-state index in [4.69, 9.17) is 14.3 Å². The van der Waals surface area contributed by atoms with Crippen LogP contribution in [0.15, 0.2) is 47.2 Å². The molecule has 3 aromatic rings. The van der Waals surface area contributed by atoms with E-state index in [0.717, 1.165) is 61.1 Å². The van der Waals surface area contributed by atoms with Gasteiger partial charge in [0.2, 0.25) is 11.8 Å². The van der Waals surface area contributed by atoms with E-state index >= 15 is 0 Å². The third kappa shape index (κ3) is 4.72. The number of nitrogens with zero attached hydrogens (tertiary/aromatic N) is 3. The smallest absolute Gasteiger partial charge is 0.248 e. The van der Waals surface area contributed by atoms with Crippen molar-refractivity contribution in [1.29, 1.82) is 0 Å². The number of aromatic nitrogens is 1. The van der Waals surface area contributed by atoms with Gasteiger partial charge in [0.25, 0.3) is 0 Å².